The van der Waals surface area contributed by atoms with Crippen LogP contribution in [0.25, 0.3) is 11.0 Å². The first-order valence-corrected chi connectivity index (χ1v) is 9.31. The number of nitrogens with zero attached hydrogens (tertiary/aromatic N) is 2. The van der Waals surface area contributed by atoms with Gasteiger partial charge in [-0.15, -0.1) is 0 Å². The van der Waals surface area contributed by atoms with E-state index in [-0.39, 0.29) is 6.03 Å². The molecule has 0 saturated carbocycles. The zero-order chi connectivity index (χ0) is 18.1. The van der Waals surface area contributed by atoms with E-state index in [9.17, 15) is 4.79 Å². The summed E-state index contributed by atoms with van der Waals surface area (Å²) >= 11 is 11.9. The Morgan fingerprint density at radius 2 is 1.88 bits per heavy atom. The number of hydrogen-bond donors (Lipinski definition) is 2. The lowest BCUT2D eigenvalue weighted by Crippen LogP contribution is -2.40. The van der Waals surface area contributed by atoms with E-state index in [0.717, 1.165) is 29.7 Å². The molecule has 2 N–H and O–H groups in total. The Bertz CT molecular complexity index is 915. The van der Waals surface area contributed by atoms with E-state index in [1.807, 2.05) is 29.2 Å². The number of para-hydroxylation sites is 2. The van der Waals surface area contributed by atoms with Crippen LogP contribution < -0.4 is 5.32 Å². The topological polar surface area (TPSA) is 61.0 Å². The lowest BCUT2D eigenvalue weighted by Gasteiger charge is -2.31. The molecule has 2 amide bonds. The van der Waals surface area contributed by atoms with Gasteiger partial charge in [0.15, 0.2) is 0 Å². The third-order valence-corrected chi connectivity index (χ3v) is 5.49. The van der Waals surface area contributed by atoms with Gasteiger partial charge >= 0.3 is 6.03 Å². The SMILES string of the molecule is O=C(Nc1ccc(Cl)c(Cl)c1)N1CCC(c2nc3ccccc3[nH]2)CC1. The number of amides is 2. The number of aromatic amines is 1. The molecule has 0 aliphatic carbocycles. The highest BCUT2D eigenvalue weighted by Crippen LogP contribution is 2.29. The van der Waals surface area contributed by atoms with Gasteiger partial charge in [0, 0.05) is 24.7 Å². The maximum atomic E-state index is 12.5. The summed E-state index contributed by atoms with van der Waals surface area (Å²) in [6.07, 6.45) is 1.77. The second-order valence-electron chi connectivity index (χ2n) is 6.46. The minimum atomic E-state index is -0.119. The molecule has 0 bridgehead atoms. The van der Waals surface area contributed by atoms with Crippen molar-refractivity contribution in [3.8, 4) is 0 Å². The molecule has 0 atom stereocenters. The number of carbonyl (C=O) groups excluding carboxylic acids is 1. The number of urea groups is 1. The van der Waals surface area contributed by atoms with Gasteiger partial charge in [0.2, 0.25) is 0 Å². The molecule has 7 heteroatoms. The largest absolute Gasteiger partial charge is 0.342 e. The molecule has 1 fully saturated rings. The predicted molar refractivity (Wildman–Crippen MR) is 105 cm³/mol. The summed E-state index contributed by atoms with van der Waals surface area (Å²) in [4.78, 5) is 22.4. The van der Waals surface area contributed by atoms with Crippen LogP contribution in [0.5, 0.6) is 0 Å². The van der Waals surface area contributed by atoms with Crippen molar-refractivity contribution in [2.75, 3.05) is 18.4 Å². The molecule has 1 aliphatic rings. The number of piperidine rings is 1. The molecule has 2 heterocycles. The Morgan fingerprint density at radius 3 is 2.62 bits per heavy atom. The molecule has 26 heavy (non-hydrogen) atoms. The van der Waals surface area contributed by atoms with Gasteiger partial charge < -0.3 is 15.2 Å². The molecule has 0 spiro atoms. The van der Waals surface area contributed by atoms with Gasteiger partial charge in [-0.1, -0.05) is 35.3 Å². The number of hydrogen-bond acceptors (Lipinski definition) is 2. The molecule has 4 rings (SSSR count). The van der Waals surface area contributed by atoms with Crippen LogP contribution in [0.1, 0.15) is 24.6 Å². The van der Waals surface area contributed by atoms with Gasteiger partial charge in [-0.05, 0) is 43.2 Å². The van der Waals surface area contributed by atoms with Crippen LogP contribution in [-0.4, -0.2) is 34.0 Å². The second-order valence-corrected chi connectivity index (χ2v) is 7.27. The lowest BCUT2D eigenvalue weighted by atomic mass is 9.96. The zero-order valence-corrected chi connectivity index (χ0v) is 15.5. The fraction of sp³-hybridized carbons (Fsp3) is 0.263. The number of nitrogens with one attached hydrogen (secondary N) is 2. The summed E-state index contributed by atoms with van der Waals surface area (Å²) in [5.74, 6) is 1.35. The summed E-state index contributed by atoms with van der Waals surface area (Å²) in [7, 11) is 0. The minimum absolute atomic E-state index is 0.119. The van der Waals surface area contributed by atoms with Crippen LogP contribution >= 0.6 is 23.2 Å². The minimum Gasteiger partial charge on any atom is -0.342 e. The number of anilines is 1. The molecule has 1 saturated heterocycles. The van der Waals surface area contributed by atoms with Gasteiger partial charge in [0.25, 0.3) is 0 Å². The first kappa shape index (κ1) is 17.2. The van der Waals surface area contributed by atoms with Gasteiger partial charge in [0.1, 0.15) is 5.82 Å². The highest BCUT2D eigenvalue weighted by atomic mass is 35.5. The van der Waals surface area contributed by atoms with Crippen molar-refractivity contribution in [3.05, 3.63) is 58.3 Å². The van der Waals surface area contributed by atoms with E-state index in [4.69, 9.17) is 28.2 Å². The number of carbonyl (C=O) groups is 1. The predicted octanol–water partition coefficient (Wildman–Crippen LogP) is 5.28. The maximum absolute atomic E-state index is 12.5. The lowest BCUT2D eigenvalue weighted by molar-refractivity contribution is 0.193. The van der Waals surface area contributed by atoms with Gasteiger partial charge in [-0.3, -0.25) is 0 Å². The number of rotatable bonds is 2. The third-order valence-electron chi connectivity index (χ3n) is 4.75. The van der Waals surface area contributed by atoms with Crippen molar-refractivity contribution in [1.29, 1.82) is 0 Å². The van der Waals surface area contributed by atoms with Crippen LogP contribution in [0.15, 0.2) is 42.5 Å². The van der Waals surface area contributed by atoms with Crippen molar-refractivity contribution in [2.45, 2.75) is 18.8 Å². The summed E-state index contributed by atoms with van der Waals surface area (Å²) in [6.45, 7) is 1.38. The molecule has 2 aromatic carbocycles. The Hall–Kier alpha value is -2.24. The summed E-state index contributed by atoms with van der Waals surface area (Å²) < 4.78 is 0. The molecule has 1 aromatic heterocycles. The summed E-state index contributed by atoms with van der Waals surface area (Å²) in [6, 6.07) is 13.0. The van der Waals surface area contributed by atoms with Gasteiger partial charge in [-0.2, -0.15) is 0 Å². The fourth-order valence-electron chi connectivity index (χ4n) is 3.30. The van der Waals surface area contributed by atoms with E-state index in [1.54, 1.807) is 18.2 Å². The molecule has 134 valence electrons. The van der Waals surface area contributed by atoms with Crippen LogP contribution in [0.3, 0.4) is 0 Å². The van der Waals surface area contributed by atoms with Gasteiger partial charge in [-0.25, -0.2) is 9.78 Å². The molecular weight excluding hydrogens is 371 g/mol. The quantitative estimate of drug-likeness (QED) is 0.626. The zero-order valence-electron chi connectivity index (χ0n) is 14.0. The molecule has 0 radical (unpaired) electrons. The number of fused-ring (bicyclic) bond motifs is 1. The second kappa shape index (κ2) is 7.17. The first-order chi connectivity index (χ1) is 12.6. The van der Waals surface area contributed by atoms with Crippen molar-refractivity contribution in [3.63, 3.8) is 0 Å². The Kier molecular flexibility index (Phi) is 4.74. The van der Waals surface area contributed by atoms with Crippen LogP contribution in [0, 0.1) is 0 Å². The Labute approximate surface area is 161 Å². The first-order valence-electron chi connectivity index (χ1n) is 8.56. The van der Waals surface area contributed by atoms with E-state index in [0.29, 0.717) is 34.7 Å². The summed E-state index contributed by atoms with van der Waals surface area (Å²) in [5.41, 5.74) is 2.69. The fourth-order valence-corrected chi connectivity index (χ4v) is 3.60. The maximum Gasteiger partial charge on any atom is 0.321 e. The molecular formula is C19H18Cl2N4O. The smallest absolute Gasteiger partial charge is 0.321 e. The van der Waals surface area contributed by atoms with Crippen molar-refractivity contribution < 1.29 is 4.79 Å². The van der Waals surface area contributed by atoms with Crippen LogP contribution in [0.4, 0.5) is 10.5 Å². The molecule has 3 aromatic rings. The van der Waals surface area contributed by atoms with Crippen molar-refractivity contribution in [1.82, 2.24) is 14.9 Å². The molecule has 5 nitrogen and oxygen atoms in total. The van der Waals surface area contributed by atoms with Crippen molar-refractivity contribution >= 4 is 46.0 Å². The normalized spacial score (nSPS) is 15.4. The van der Waals surface area contributed by atoms with Crippen LogP contribution in [0.2, 0.25) is 10.0 Å². The average Bonchev–Trinajstić information content (AvgIpc) is 3.09. The number of likely N-dealkylation sites (tertiary alicyclic amines) is 1. The standard InChI is InChI=1S/C19H18Cl2N4O/c20-14-6-5-13(11-15(14)21)22-19(26)25-9-7-12(8-10-25)18-23-16-3-1-2-4-17(16)24-18/h1-6,11-12H,7-10H2,(H,22,26)(H,23,24). The Balaban J connectivity index is 1.38. The van der Waals surface area contributed by atoms with E-state index in [2.05, 4.69) is 10.3 Å². The van der Waals surface area contributed by atoms with E-state index >= 15 is 0 Å². The highest BCUT2D eigenvalue weighted by molar-refractivity contribution is 6.42. The van der Waals surface area contributed by atoms with Crippen molar-refractivity contribution in [2.24, 2.45) is 0 Å². The van der Waals surface area contributed by atoms with Crippen LogP contribution in [-0.2, 0) is 0 Å². The molecule has 0 unspecified atom stereocenters. The average molecular weight is 389 g/mol. The number of H-pyrrole nitrogens is 1. The number of benzene rings is 2. The highest BCUT2D eigenvalue weighted by Gasteiger charge is 2.25. The van der Waals surface area contributed by atoms with E-state index < -0.39 is 0 Å². The summed E-state index contributed by atoms with van der Waals surface area (Å²) in [5, 5.41) is 3.77. The van der Waals surface area contributed by atoms with E-state index in [1.165, 1.54) is 0 Å². The number of aromatic nitrogens is 2. The molecule has 1 aliphatic heterocycles. The third kappa shape index (κ3) is 3.50. The number of halogens is 2. The monoisotopic (exact) mass is 388 g/mol. The number of imidazole rings is 1. The Morgan fingerprint density at radius 1 is 1.12 bits per heavy atom. The van der Waals surface area contributed by atoms with Gasteiger partial charge in [0.05, 0.1) is 21.1 Å².